The zero-order valence-corrected chi connectivity index (χ0v) is 16.6. The Morgan fingerprint density at radius 2 is 1.89 bits per heavy atom. The van der Waals surface area contributed by atoms with Crippen molar-refractivity contribution in [3.05, 3.63) is 53.6 Å². The van der Waals surface area contributed by atoms with Gasteiger partial charge in [0.2, 0.25) is 0 Å². The molecule has 0 aromatic heterocycles. The number of nitrogens with zero attached hydrogens (tertiary/aromatic N) is 1. The second-order valence-electron chi connectivity index (χ2n) is 7.48. The molecule has 1 atom stereocenters. The predicted molar refractivity (Wildman–Crippen MR) is 110 cm³/mol. The zero-order valence-electron chi connectivity index (χ0n) is 15.7. The molecule has 0 amide bonds. The van der Waals surface area contributed by atoms with Gasteiger partial charge in [0.15, 0.2) is 9.84 Å². The average molecular weight is 386 g/mol. The third kappa shape index (κ3) is 3.96. The van der Waals surface area contributed by atoms with E-state index in [4.69, 9.17) is 0 Å². The van der Waals surface area contributed by atoms with E-state index in [0.717, 1.165) is 56.8 Å². The molecular formula is C21H27N3O2S. The first kappa shape index (κ1) is 18.3. The predicted octanol–water partition coefficient (Wildman–Crippen LogP) is 2.99. The molecule has 2 aliphatic rings. The second kappa shape index (κ2) is 7.52. The average Bonchev–Trinajstić information content (AvgIpc) is 2.68. The van der Waals surface area contributed by atoms with Crippen molar-refractivity contribution in [1.82, 2.24) is 5.32 Å². The first-order valence-electron chi connectivity index (χ1n) is 9.66. The quantitative estimate of drug-likeness (QED) is 0.847. The summed E-state index contributed by atoms with van der Waals surface area (Å²) in [5, 5.41) is 6.93. The maximum Gasteiger partial charge on any atom is 0.177 e. The molecular weight excluding hydrogens is 358 g/mol. The highest BCUT2D eigenvalue weighted by molar-refractivity contribution is 7.90. The maximum absolute atomic E-state index is 12.4. The van der Waals surface area contributed by atoms with Crippen LogP contribution in [-0.4, -0.2) is 40.9 Å². The largest absolute Gasteiger partial charge is 0.377 e. The summed E-state index contributed by atoms with van der Waals surface area (Å²) in [4.78, 5) is 2.69. The number of hydrogen-bond acceptors (Lipinski definition) is 5. The van der Waals surface area contributed by atoms with E-state index in [-0.39, 0.29) is 6.04 Å². The summed E-state index contributed by atoms with van der Waals surface area (Å²) in [7, 11) is -3.30. The monoisotopic (exact) mass is 385 g/mol. The molecule has 0 saturated carbocycles. The first-order chi connectivity index (χ1) is 13.0. The number of nitrogens with one attached hydrogen (secondary N) is 2. The molecule has 0 bridgehead atoms. The molecule has 5 nitrogen and oxygen atoms in total. The number of anilines is 2. The molecule has 0 radical (unpaired) electrons. The molecule has 2 N–H and O–H groups in total. The topological polar surface area (TPSA) is 61.4 Å². The number of sulfone groups is 1. The number of hydrogen-bond donors (Lipinski definition) is 2. The number of aryl methyl sites for hydroxylation is 1. The fourth-order valence-corrected chi connectivity index (χ4v) is 5.00. The lowest BCUT2D eigenvalue weighted by molar-refractivity contribution is 0.587. The summed E-state index contributed by atoms with van der Waals surface area (Å²) in [6, 6.07) is 14.3. The van der Waals surface area contributed by atoms with Gasteiger partial charge >= 0.3 is 0 Å². The summed E-state index contributed by atoms with van der Waals surface area (Å²) >= 11 is 0. The Hall–Kier alpha value is -2.05. The van der Waals surface area contributed by atoms with Crippen molar-refractivity contribution in [2.24, 2.45) is 0 Å². The molecule has 1 saturated heterocycles. The van der Waals surface area contributed by atoms with Crippen LogP contribution in [0.3, 0.4) is 0 Å². The summed E-state index contributed by atoms with van der Waals surface area (Å²) in [6.45, 7) is 3.77. The Kier molecular flexibility index (Phi) is 5.10. The molecule has 1 aliphatic heterocycles. The molecule has 4 rings (SSSR count). The van der Waals surface area contributed by atoms with E-state index in [2.05, 4.69) is 39.8 Å². The molecule has 6 heteroatoms. The Morgan fingerprint density at radius 1 is 1.11 bits per heavy atom. The van der Waals surface area contributed by atoms with Crippen LogP contribution >= 0.6 is 0 Å². The fourth-order valence-electron chi connectivity index (χ4n) is 4.17. The van der Waals surface area contributed by atoms with Gasteiger partial charge in [-0.2, -0.15) is 0 Å². The minimum absolute atomic E-state index is 0.147. The second-order valence-corrected chi connectivity index (χ2v) is 9.46. The van der Waals surface area contributed by atoms with Crippen LogP contribution in [0.1, 0.15) is 30.0 Å². The maximum atomic E-state index is 12.4. The third-order valence-corrected chi connectivity index (χ3v) is 6.70. The lowest BCUT2D eigenvalue weighted by Crippen LogP contribution is -2.43. The van der Waals surface area contributed by atoms with E-state index in [0.29, 0.717) is 4.90 Å². The Labute approximate surface area is 161 Å². The standard InChI is InChI=1S/C21H27N3O2S/c1-27(25,26)21-10-9-17(24-13-11-22-12-14-24)15-20(21)23-19-8-4-6-16-5-2-3-7-18(16)19/h2-3,5,7,9-10,15,19,22-23H,4,6,8,11-14H2,1H3. The van der Waals surface area contributed by atoms with Gasteiger partial charge in [0, 0.05) is 38.1 Å². The smallest absolute Gasteiger partial charge is 0.177 e. The van der Waals surface area contributed by atoms with Gasteiger partial charge in [0.25, 0.3) is 0 Å². The normalized spacial score (nSPS) is 20.2. The number of rotatable bonds is 4. The SMILES string of the molecule is CS(=O)(=O)c1ccc(N2CCNCC2)cc1NC1CCCc2ccccc21. The minimum atomic E-state index is -3.30. The van der Waals surface area contributed by atoms with E-state index in [1.54, 1.807) is 6.07 Å². The van der Waals surface area contributed by atoms with E-state index < -0.39 is 9.84 Å². The van der Waals surface area contributed by atoms with Crippen LogP contribution in [0.25, 0.3) is 0 Å². The van der Waals surface area contributed by atoms with Gasteiger partial charge in [-0.25, -0.2) is 8.42 Å². The van der Waals surface area contributed by atoms with E-state index in [1.165, 1.54) is 17.4 Å². The van der Waals surface area contributed by atoms with E-state index in [9.17, 15) is 8.42 Å². The highest BCUT2D eigenvalue weighted by Crippen LogP contribution is 2.36. The minimum Gasteiger partial charge on any atom is -0.377 e. The van der Waals surface area contributed by atoms with Crippen molar-refractivity contribution >= 4 is 21.2 Å². The van der Waals surface area contributed by atoms with E-state index in [1.807, 2.05) is 12.1 Å². The van der Waals surface area contributed by atoms with E-state index >= 15 is 0 Å². The van der Waals surface area contributed by atoms with Crippen molar-refractivity contribution in [3.8, 4) is 0 Å². The van der Waals surface area contributed by atoms with Crippen LogP contribution in [0, 0.1) is 0 Å². The lowest BCUT2D eigenvalue weighted by atomic mass is 9.87. The Morgan fingerprint density at radius 3 is 2.67 bits per heavy atom. The zero-order chi connectivity index (χ0) is 18.9. The molecule has 0 spiro atoms. The molecule has 1 heterocycles. The molecule has 144 valence electrons. The highest BCUT2D eigenvalue weighted by Gasteiger charge is 2.23. The summed E-state index contributed by atoms with van der Waals surface area (Å²) in [6.07, 6.45) is 4.50. The molecule has 2 aromatic carbocycles. The van der Waals surface area contributed by atoms with Gasteiger partial charge in [-0.05, 0) is 48.6 Å². The van der Waals surface area contributed by atoms with Crippen molar-refractivity contribution < 1.29 is 8.42 Å². The first-order valence-corrected chi connectivity index (χ1v) is 11.6. The van der Waals surface area contributed by atoms with Gasteiger partial charge in [0.1, 0.15) is 0 Å². The number of piperazine rings is 1. The number of benzene rings is 2. The van der Waals surface area contributed by atoms with Crippen molar-refractivity contribution in [2.45, 2.75) is 30.2 Å². The third-order valence-electron chi connectivity index (χ3n) is 5.54. The number of fused-ring (bicyclic) bond motifs is 1. The van der Waals surface area contributed by atoms with Gasteiger partial charge in [0.05, 0.1) is 16.6 Å². The van der Waals surface area contributed by atoms with Gasteiger partial charge in [-0.3, -0.25) is 0 Å². The fraction of sp³-hybridized carbons (Fsp3) is 0.429. The molecule has 27 heavy (non-hydrogen) atoms. The van der Waals surface area contributed by atoms with Crippen molar-refractivity contribution in [1.29, 1.82) is 0 Å². The lowest BCUT2D eigenvalue weighted by Gasteiger charge is -2.31. The van der Waals surface area contributed by atoms with Crippen LogP contribution in [0.15, 0.2) is 47.4 Å². The van der Waals surface area contributed by atoms with Crippen LogP contribution < -0.4 is 15.5 Å². The molecule has 1 fully saturated rings. The van der Waals surface area contributed by atoms with Crippen LogP contribution in [0.5, 0.6) is 0 Å². The van der Waals surface area contributed by atoms with Crippen molar-refractivity contribution in [2.75, 3.05) is 42.7 Å². The molecule has 1 unspecified atom stereocenters. The van der Waals surface area contributed by atoms with Crippen LogP contribution in [0.2, 0.25) is 0 Å². The highest BCUT2D eigenvalue weighted by atomic mass is 32.2. The summed E-state index contributed by atoms with van der Waals surface area (Å²) < 4.78 is 24.7. The molecule has 2 aromatic rings. The van der Waals surface area contributed by atoms with Crippen LogP contribution in [-0.2, 0) is 16.3 Å². The van der Waals surface area contributed by atoms with Gasteiger partial charge in [-0.15, -0.1) is 0 Å². The van der Waals surface area contributed by atoms with Crippen LogP contribution in [0.4, 0.5) is 11.4 Å². The summed E-state index contributed by atoms with van der Waals surface area (Å²) in [5.74, 6) is 0. The van der Waals surface area contributed by atoms with Gasteiger partial charge < -0.3 is 15.5 Å². The molecule has 1 aliphatic carbocycles. The van der Waals surface area contributed by atoms with Crippen molar-refractivity contribution in [3.63, 3.8) is 0 Å². The summed E-state index contributed by atoms with van der Waals surface area (Å²) in [5.41, 5.74) is 4.45. The van der Waals surface area contributed by atoms with Gasteiger partial charge in [-0.1, -0.05) is 24.3 Å². The Bertz CT molecular complexity index is 921. The Balaban J connectivity index is 1.70.